The van der Waals surface area contributed by atoms with Gasteiger partial charge in [0.15, 0.2) is 5.96 Å². The van der Waals surface area contributed by atoms with E-state index in [9.17, 15) is 14.7 Å². The molecule has 1 atom stereocenters. The Bertz CT molecular complexity index is 956. The Morgan fingerprint density at radius 2 is 1.85 bits per heavy atom. The molecule has 11 nitrogen and oxygen atoms in total. The summed E-state index contributed by atoms with van der Waals surface area (Å²) in [6.07, 6.45) is 2.05. The summed E-state index contributed by atoms with van der Waals surface area (Å²) >= 11 is 0. The molecular formula is C29H46N4O7. The normalized spacial score (nSPS) is 16.9. The smallest absolute Gasteiger partial charge is 0.304 e. The fourth-order valence-electron chi connectivity index (χ4n) is 4.51. The van der Waals surface area contributed by atoms with Crippen molar-refractivity contribution < 1.29 is 33.6 Å². The highest BCUT2D eigenvalue weighted by Gasteiger charge is 2.31. The number of amides is 1. The van der Waals surface area contributed by atoms with Crippen molar-refractivity contribution in [3.05, 3.63) is 29.3 Å². The number of guanidine groups is 1. The van der Waals surface area contributed by atoms with Gasteiger partial charge in [-0.05, 0) is 48.4 Å². The average Bonchev–Trinajstić information content (AvgIpc) is 3.40. The summed E-state index contributed by atoms with van der Waals surface area (Å²) in [6.45, 7) is 11.1. The number of aliphatic imine (C=N–C) groups is 1. The molecule has 2 heterocycles. The van der Waals surface area contributed by atoms with Crippen LogP contribution in [0.15, 0.2) is 23.2 Å². The number of carbonyl (C=O) groups excluding carboxylic acids is 1. The van der Waals surface area contributed by atoms with E-state index in [2.05, 4.69) is 29.5 Å². The predicted octanol–water partition coefficient (Wildman–Crippen LogP) is 2.08. The molecule has 224 valence electrons. The van der Waals surface area contributed by atoms with Crippen molar-refractivity contribution in [1.29, 1.82) is 0 Å². The fraction of sp³-hybridized carbons (Fsp3) is 0.690. The number of aliphatic carboxylic acids is 1. The number of nitrogens with zero attached hydrogens (tertiary/aromatic N) is 2. The van der Waals surface area contributed by atoms with Crippen molar-refractivity contribution in [3.8, 4) is 5.75 Å². The summed E-state index contributed by atoms with van der Waals surface area (Å²) in [5, 5.41) is 15.8. The molecule has 2 aliphatic heterocycles. The molecule has 1 aromatic carbocycles. The van der Waals surface area contributed by atoms with E-state index in [1.54, 1.807) is 4.90 Å². The second-order valence-corrected chi connectivity index (χ2v) is 10.5. The van der Waals surface area contributed by atoms with Crippen molar-refractivity contribution in [2.75, 3.05) is 72.4 Å². The van der Waals surface area contributed by atoms with Gasteiger partial charge in [0.2, 0.25) is 5.91 Å². The minimum absolute atomic E-state index is 0.158. The maximum Gasteiger partial charge on any atom is 0.304 e. The van der Waals surface area contributed by atoms with E-state index in [1.807, 2.05) is 18.2 Å². The maximum atomic E-state index is 13.2. The molecule has 0 spiro atoms. The quantitative estimate of drug-likeness (QED) is 0.217. The molecule has 11 heteroatoms. The van der Waals surface area contributed by atoms with Crippen LogP contribution in [-0.2, 0) is 36.8 Å². The number of hydrogen-bond donors (Lipinski definition) is 3. The lowest BCUT2D eigenvalue weighted by atomic mass is 9.94. The number of ether oxygens (including phenoxy) is 4. The predicted molar refractivity (Wildman–Crippen MR) is 152 cm³/mol. The molecule has 3 rings (SSSR count). The van der Waals surface area contributed by atoms with Gasteiger partial charge in [0.1, 0.15) is 5.75 Å². The molecule has 1 aromatic rings. The number of fused-ring (bicyclic) bond motifs is 1. The third-order valence-corrected chi connectivity index (χ3v) is 6.73. The van der Waals surface area contributed by atoms with Crippen LogP contribution in [0.4, 0.5) is 0 Å². The number of carboxylic acid groups (broad SMARTS) is 1. The van der Waals surface area contributed by atoms with Gasteiger partial charge in [-0.2, -0.15) is 0 Å². The molecule has 40 heavy (non-hydrogen) atoms. The van der Waals surface area contributed by atoms with Crippen LogP contribution >= 0.6 is 0 Å². The third kappa shape index (κ3) is 11.7. The standard InChI is InChI=1S/C29H46N4O7/c1-22(2)6-12-37-14-16-39-17-15-38-13-10-33-21-25-19-26(40-11-3-7-30-29-31-8-9-32-29)5-4-23(25)18-24(28(33)36)20-27(34)35/h4-5,19,22,24H,3,6-18,20-21H2,1-2H3,(H,34,35)(H2,30,31,32)/t24-/m0/s1. The number of rotatable bonds is 19. The summed E-state index contributed by atoms with van der Waals surface area (Å²) in [6, 6.07) is 5.81. The maximum absolute atomic E-state index is 13.2. The molecule has 0 aliphatic carbocycles. The van der Waals surface area contributed by atoms with Crippen molar-refractivity contribution in [1.82, 2.24) is 15.5 Å². The first kappa shape index (κ1) is 31.6. The van der Waals surface area contributed by atoms with Crippen molar-refractivity contribution in [3.63, 3.8) is 0 Å². The minimum Gasteiger partial charge on any atom is -0.494 e. The minimum atomic E-state index is -0.976. The molecule has 3 N–H and O–H groups in total. The van der Waals surface area contributed by atoms with Crippen LogP contribution in [0.25, 0.3) is 0 Å². The summed E-state index contributed by atoms with van der Waals surface area (Å²) in [5.41, 5.74) is 1.95. The molecule has 0 unspecified atom stereocenters. The number of hydrogen-bond acceptors (Lipinski definition) is 9. The van der Waals surface area contributed by atoms with Gasteiger partial charge in [-0.25, -0.2) is 0 Å². The Balaban J connectivity index is 1.43. The van der Waals surface area contributed by atoms with Gasteiger partial charge >= 0.3 is 5.97 Å². The lowest BCUT2D eigenvalue weighted by molar-refractivity contribution is -0.145. The number of benzene rings is 1. The highest BCUT2D eigenvalue weighted by molar-refractivity contribution is 5.84. The van der Waals surface area contributed by atoms with Gasteiger partial charge in [0.05, 0.1) is 58.5 Å². The first-order valence-corrected chi connectivity index (χ1v) is 14.4. The zero-order valence-corrected chi connectivity index (χ0v) is 24.0. The Morgan fingerprint density at radius 3 is 2.55 bits per heavy atom. The number of nitrogens with one attached hydrogen (secondary N) is 2. The largest absolute Gasteiger partial charge is 0.494 e. The van der Waals surface area contributed by atoms with Crippen LogP contribution in [0.1, 0.15) is 44.2 Å². The van der Waals surface area contributed by atoms with E-state index in [0.29, 0.717) is 65.1 Å². The number of carbonyl (C=O) groups is 2. The second-order valence-electron chi connectivity index (χ2n) is 10.5. The van der Waals surface area contributed by atoms with Crippen molar-refractivity contribution >= 4 is 17.8 Å². The van der Waals surface area contributed by atoms with Gasteiger partial charge in [-0.15, -0.1) is 0 Å². The lowest BCUT2D eigenvalue weighted by Gasteiger charge is -2.24. The fourth-order valence-corrected chi connectivity index (χ4v) is 4.51. The zero-order chi connectivity index (χ0) is 28.6. The third-order valence-electron chi connectivity index (χ3n) is 6.73. The van der Waals surface area contributed by atoms with E-state index in [4.69, 9.17) is 18.9 Å². The molecule has 0 fully saturated rings. The van der Waals surface area contributed by atoms with Crippen LogP contribution in [0.3, 0.4) is 0 Å². The zero-order valence-electron chi connectivity index (χ0n) is 24.0. The van der Waals surface area contributed by atoms with Gasteiger partial charge in [0, 0.05) is 32.8 Å². The summed E-state index contributed by atoms with van der Waals surface area (Å²) in [5.74, 6) is 0.458. The van der Waals surface area contributed by atoms with Crippen molar-refractivity contribution in [2.24, 2.45) is 16.8 Å². The molecule has 0 aromatic heterocycles. The lowest BCUT2D eigenvalue weighted by Crippen LogP contribution is -2.37. The van der Waals surface area contributed by atoms with Crippen LogP contribution in [-0.4, -0.2) is 100 Å². The van der Waals surface area contributed by atoms with E-state index < -0.39 is 11.9 Å². The van der Waals surface area contributed by atoms with Gasteiger partial charge in [-0.1, -0.05) is 19.9 Å². The van der Waals surface area contributed by atoms with Crippen LogP contribution in [0.2, 0.25) is 0 Å². The van der Waals surface area contributed by atoms with Gasteiger partial charge in [-0.3, -0.25) is 14.6 Å². The Kier molecular flexibility index (Phi) is 14.0. The molecule has 0 saturated heterocycles. The topological polar surface area (TPSA) is 131 Å². The number of carboxylic acids is 1. The van der Waals surface area contributed by atoms with E-state index in [1.165, 1.54) is 0 Å². The molecule has 0 bridgehead atoms. The first-order valence-electron chi connectivity index (χ1n) is 14.4. The van der Waals surface area contributed by atoms with Crippen LogP contribution in [0.5, 0.6) is 5.75 Å². The molecular weight excluding hydrogens is 516 g/mol. The average molecular weight is 563 g/mol. The summed E-state index contributed by atoms with van der Waals surface area (Å²) < 4.78 is 22.7. The van der Waals surface area contributed by atoms with Gasteiger partial charge < -0.3 is 39.6 Å². The summed E-state index contributed by atoms with van der Waals surface area (Å²) in [4.78, 5) is 30.7. The highest BCUT2D eigenvalue weighted by Crippen LogP contribution is 2.28. The van der Waals surface area contributed by atoms with E-state index in [-0.39, 0.29) is 12.3 Å². The molecule has 0 saturated carbocycles. The van der Waals surface area contributed by atoms with Gasteiger partial charge in [0.25, 0.3) is 0 Å². The van der Waals surface area contributed by atoms with Crippen molar-refractivity contribution in [2.45, 2.75) is 46.1 Å². The van der Waals surface area contributed by atoms with Crippen LogP contribution < -0.4 is 15.4 Å². The molecule has 2 aliphatic rings. The SMILES string of the molecule is CC(C)CCOCCOCCOCCN1Cc2cc(OCCCNC3=NCCN3)ccc2C[C@@H](CC(=O)O)C1=O. The molecule has 0 radical (unpaired) electrons. The Labute approximate surface area is 237 Å². The summed E-state index contributed by atoms with van der Waals surface area (Å²) in [7, 11) is 0. The Morgan fingerprint density at radius 1 is 1.10 bits per heavy atom. The monoisotopic (exact) mass is 562 g/mol. The van der Waals surface area contributed by atoms with E-state index in [0.717, 1.165) is 61.9 Å². The molecule has 1 amide bonds. The van der Waals surface area contributed by atoms with E-state index >= 15 is 0 Å². The second kappa shape index (κ2) is 17.7. The Hall–Kier alpha value is -2.89. The highest BCUT2D eigenvalue weighted by atomic mass is 16.5. The first-order chi connectivity index (χ1) is 19.4. The van der Waals surface area contributed by atoms with Crippen LogP contribution in [0, 0.1) is 11.8 Å².